The average molecular weight is 260 g/mol. The first-order chi connectivity index (χ1) is 8.57. The second-order valence-corrected chi connectivity index (χ2v) is 6.76. The lowest BCUT2D eigenvalue weighted by Gasteiger charge is -2.32. The molecule has 0 aliphatic carbocycles. The minimum Gasteiger partial charge on any atom is -0.399 e. The summed E-state index contributed by atoms with van der Waals surface area (Å²) in [5, 5.41) is 0. The first kappa shape index (κ1) is 14.6. The van der Waals surface area contributed by atoms with Crippen LogP contribution in [0, 0.1) is 27.7 Å². The third kappa shape index (κ3) is 2.23. The standard InChI is InChI=1S/C16H25BO2/c1-10-9-11(2)14(13(4)12(10)3)17-18-15(5,6)16(7,8)19-17/h9H,1-8H3. The lowest BCUT2D eigenvalue weighted by atomic mass is 9.71. The van der Waals surface area contributed by atoms with Gasteiger partial charge in [0.05, 0.1) is 11.2 Å². The van der Waals surface area contributed by atoms with E-state index in [2.05, 4.69) is 61.5 Å². The van der Waals surface area contributed by atoms with E-state index >= 15 is 0 Å². The highest BCUT2D eigenvalue weighted by Gasteiger charge is 2.52. The Hall–Kier alpha value is -0.795. The summed E-state index contributed by atoms with van der Waals surface area (Å²) in [5.41, 5.74) is 5.83. The van der Waals surface area contributed by atoms with Gasteiger partial charge in [0, 0.05) is 0 Å². The number of hydrogen-bond acceptors (Lipinski definition) is 2. The van der Waals surface area contributed by atoms with Gasteiger partial charge in [0.1, 0.15) is 0 Å². The largest absolute Gasteiger partial charge is 0.495 e. The molecule has 1 saturated heterocycles. The predicted molar refractivity (Wildman–Crippen MR) is 81.1 cm³/mol. The molecule has 0 spiro atoms. The fraction of sp³-hybridized carbons (Fsp3) is 0.625. The molecule has 104 valence electrons. The smallest absolute Gasteiger partial charge is 0.399 e. The summed E-state index contributed by atoms with van der Waals surface area (Å²) in [6.07, 6.45) is 0. The van der Waals surface area contributed by atoms with E-state index in [1.54, 1.807) is 0 Å². The molecule has 0 unspecified atom stereocenters. The minimum absolute atomic E-state index is 0.260. The first-order valence-electron chi connectivity index (χ1n) is 7.00. The SMILES string of the molecule is Cc1cc(C)c(B2OC(C)(C)C(C)(C)O2)c(C)c1C. The van der Waals surface area contributed by atoms with Crippen LogP contribution in [0.4, 0.5) is 0 Å². The zero-order chi connectivity index (χ0) is 14.6. The highest BCUT2D eigenvalue weighted by molar-refractivity contribution is 6.63. The van der Waals surface area contributed by atoms with E-state index in [-0.39, 0.29) is 18.3 Å². The van der Waals surface area contributed by atoms with Crippen molar-refractivity contribution >= 4 is 12.6 Å². The second-order valence-electron chi connectivity index (χ2n) is 6.76. The normalized spacial score (nSPS) is 20.9. The Balaban J connectivity index is 2.49. The second kappa shape index (κ2) is 4.36. The van der Waals surface area contributed by atoms with Crippen LogP contribution in [-0.4, -0.2) is 18.3 Å². The Morgan fingerprint density at radius 2 is 1.26 bits per heavy atom. The van der Waals surface area contributed by atoms with Gasteiger partial charge in [-0.25, -0.2) is 0 Å². The molecule has 1 aromatic carbocycles. The van der Waals surface area contributed by atoms with Gasteiger partial charge in [-0.2, -0.15) is 0 Å². The molecule has 0 saturated carbocycles. The molecule has 2 nitrogen and oxygen atoms in total. The van der Waals surface area contributed by atoms with E-state index in [4.69, 9.17) is 9.31 Å². The highest BCUT2D eigenvalue weighted by atomic mass is 16.7. The van der Waals surface area contributed by atoms with E-state index in [0.717, 1.165) is 0 Å². The van der Waals surface area contributed by atoms with Gasteiger partial charge in [-0.05, 0) is 77.5 Å². The van der Waals surface area contributed by atoms with Crippen molar-refractivity contribution in [3.05, 3.63) is 28.3 Å². The fourth-order valence-corrected chi connectivity index (χ4v) is 2.63. The third-order valence-corrected chi connectivity index (χ3v) is 4.90. The quantitative estimate of drug-likeness (QED) is 0.722. The molecule has 19 heavy (non-hydrogen) atoms. The van der Waals surface area contributed by atoms with Gasteiger partial charge >= 0.3 is 7.12 Å². The summed E-state index contributed by atoms with van der Waals surface area (Å²) in [7, 11) is -0.260. The lowest BCUT2D eigenvalue weighted by Crippen LogP contribution is -2.41. The van der Waals surface area contributed by atoms with Crippen molar-refractivity contribution in [1.29, 1.82) is 0 Å². The van der Waals surface area contributed by atoms with Crippen LogP contribution in [0.25, 0.3) is 0 Å². The fourth-order valence-electron chi connectivity index (χ4n) is 2.63. The average Bonchev–Trinajstić information content (AvgIpc) is 2.44. The number of rotatable bonds is 1. The molecule has 1 aliphatic rings. The van der Waals surface area contributed by atoms with E-state index in [0.29, 0.717) is 0 Å². The molecule has 2 rings (SSSR count). The maximum absolute atomic E-state index is 6.18. The number of hydrogen-bond donors (Lipinski definition) is 0. The number of benzene rings is 1. The van der Waals surface area contributed by atoms with Crippen molar-refractivity contribution in [1.82, 2.24) is 0 Å². The van der Waals surface area contributed by atoms with Crippen LogP contribution in [0.2, 0.25) is 0 Å². The topological polar surface area (TPSA) is 18.5 Å². The Morgan fingerprint density at radius 3 is 1.74 bits per heavy atom. The maximum Gasteiger partial charge on any atom is 0.495 e. The molecular formula is C16H25BO2. The van der Waals surface area contributed by atoms with Crippen LogP contribution in [0.3, 0.4) is 0 Å². The maximum atomic E-state index is 6.18. The molecule has 3 heteroatoms. The first-order valence-corrected chi connectivity index (χ1v) is 7.00. The molecule has 0 aromatic heterocycles. The monoisotopic (exact) mass is 260 g/mol. The van der Waals surface area contributed by atoms with E-state index in [1.807, 2.05) is 0 Å². The van der Waals surface area contributed by atoms with Gasteiger partial charge in [-0.3, -0.25) is 0 Å². The van der Waals surface area contributed by atoms with Gasteiger partial charge in [-0.15, -0.1) is 0 Å². The summed E-state index contributed by atoms with van der Waals surface area (Å²) in [6, 6.07) is 2.22. The summed E-state index contributed by atoms with van der Waals surface area (Å²) in [5.74, 6) is 0. The third-order valence-electron chi connectivity index (χ3n) is 4.90. The molecule has 0 atom stereocenters. The number of aryl methyl sites for hydroxylation is 2. The van der Waals surface area contributed by atoms with Crippen LogP contribution in [0.15, 0.2) is 6.07 Å². The van der Waals surface area contributed by atoms with Gasteiger partial charge < -0.3 is 9.31 Å². The Morgan fingerprint density at radius 1 is 0.789 bits per heavy atom. The highest BCUT2D eigenvalue weighted by Crippen LogP contribution is 2.37. The van der Waals surface area contributed by atoms with Crippen molar-refractivity contribution in [2.75, 3.05) is 0 Å². The Bertz CT molecular complexity index is 502. The van der Waals surface area contributed by atoms with E-state index < -0.39 is 0 Å². The van der Waals surface area contributed by atoms with Crippen LogP contribution >= 0.6 is 0 Å². The summed E-state index contributed by atoms with van der Waals surface area (Å²) in [4.78, 5) is 0. The van der Waals surface area contributed by atoms with Gasteiger partial charge in [0.15, 0.2) is 0 Å². The molecular weight excluding hydrogens is 235 g/mol. The van der Waals surface area contributed by atoms with E-state index in [9.17, 15) is 0 Å². The van der Waals surface area contributed by atoms with Gasteiger partial charge in [-0.1, -0.05) is 11.6 Å². The van der Waals surface area contributed by atoms with Crippen molar-refractivity contribution < 1.29 is 9.31 Å². The molecule has 0 bridgehead atoms. The van der Waals surface area contributed by atoms with E-state index in [1.165, 1.54) is 27.7 Å². The van der Waals surface area contributed by atoms with Crippen molar-refractivity contribution in [3.63, 3.8) is 0 Å². The van der Waals surface area contributed by atoms with Crippen molar-refractivity contribution in [3.8, 4) is 0 Å². The van der Waals surface area contributed by atoms with Crippen LogP contribution < -0.4 is 5.46 Å². The van der Waals surface area contributed by atoms with Gasteiger partial charge in [0.2, 0.25) is 0 Å². The summed E-state index contributed by atoms with van der Waals surface area (Å²) >= 11 is 0. The molecule has 1 aliphatic heterocycles. The van der Waals surface area contributed by atoms with Crippen LogP contribution in [0.5, 0.6) is 0 Å². The molecule has 1 aromatic rings. The lowest BCUT2D eigenvalue weighted by molar-refractivity contribution is 0.00578. The van der Waals surface area contributed by atoms with Crippen LogP contribution in [0.1, 0.15) is 49.9 Å². The molecule has 1 heterocycles. The summed E-state index contributed by atoms with van der Waals surface area (Å²) in [6.45, 7) is 17.0. The zero-order valence-corrected chi connectivity index (χ0v) is 13.5. The summed E-state index contributed by atoms with van der Waals surface area (Å²) < 4.78 is 12.4. The van der Waals surface area contributed by atoms with Gasteiger partial charge in [0.25, 0.3) is 0 Å². The predicted octanol–water partition coefficient (Wildman–Crippen LogP) is 3.22. The Labute approximate surface area is 117 Å². The molecule has 0 N–H and O–H groups in total. The Kier molecular flexibility index (Phi) is 3.35. The van der Waals surface area contributed by atoms with Crippen LogP contribution in [-0.2, 0) is 9.31 Å². The molecule has 0 radical (unpaired) electrons. The minimum atomic E-state index is -0.282. The van der Waals surface area contributed by atoms with Crippen molar-refractivity contribution in [2.45, 2.75) is 66.6 Å². The zero-order valence-electron chi connectivity index (χ0n) is 13.5. The van der Waals surface area contributed by atoms with Crippen molar-refractivity contribution in [2.24, 2.45) is 0 Å². The molecule has 0 amide bonds. The molecule has 1 fully saturated rings.